The Balaban J connectivity index is 0.643. The SMILES string of the molecule is C[C@@H]1CN(c2ncc(-c3ccc4c(n3)N(Cc3cccnc3C#N)C(C)(C)C4=O)cn2)CCN1C(=O)CNC(=O)CN1CCN(CCOCCn2cc(-c3cccc(Oc4ccc(C(=O)N[C@@H](CCC(C)(C)C)C(=O)O)cn4)c3)nn2)CC1. The van der Waals surface area contributed by atoms with Gasteiger partial charge in [0.25, 0.3) is 5.91 Å². The van der Waals surface area contributed by atoms with E-state index in [0.717, 1.165) is 25.2 Å². The number of aliphatic carboxylic acids is 1. The molecule has 2 saturated heterocycles. The number of Topliss-reactive ketones (excluding diaryl/α,β-unsaturated/α-hetero) is 1. The molecule has 0 aliphatic carbocycles. The topological polar surface area (TPSA) is 283 Å². The first kappa shape index (κ1) is 58.9. The molecule has 0 radical (unpaired) electrons. The summed E-state index contributed by atoms with van der Waals surface area (Å²) >= 11 is 0. The number of carboxylic acid groups (broad SMARTS) is 1. The number of ketones is 1. The average Bonchev–Trinajstić information content (AvgIpc) is 4.22. The predicted octanol–water partition coefficient (Wildman–Crippen LogP) is 4.73. The summed E-state index contributed by atoms with van der Waals surface area (Å²) < 4.78 is 13.6. The Hall–Kier alpha value is -8.79. The number of benzene rings is 1. The molecule has 0 bridgehead atoms. The van der Waals surface area contributed by atoms with E-state index < -0.39 is 23.5 Å². The molecule has 24 heteroatoms. The van der Waals surface area contributed by atoms with E-state index in [1.807, 2.05) is 81.8 Å². The number of piperazine rings is 2. The van der Waals surface area contributed by atoms with Crippen LogP contribution in [-0.4, -0.2) is 185 Å². The third-order valence-electron chi connectivity index (χ3n) is 15.1. The second-order valence-electron chi connectivity index (χ2n) is 22.7. The second-order valence-corrected chi connectivity index (χ2v) is 22.7. The molecule has 9 rings (SSSR count). The van der Waals surface area contributed by atoms with Crippen LogP contribution in [0.3, 0.4) is 0 Å². The number of carboxylic acids is 1. The highest BCUT2D eigenvalue weighted by Crippen LogP contribution is 2.40. The molecule has 2 fully saturated rings. The van der Waals surface area contributed by atoms with Gasteiger partial charge in [0.05, 0.1) is 61.4 Å². The van der Waals surface area contributed by atoms with Crippen molar-refractivity contribution in [3.8, 4) is 40.2 Å². The highest BCUT2D eigenvalue weighted by Gasteiger charge is 2.45. The second kappa shape index (κ2) is 26.0. The van der Waals surface area contributed by atoms with Crippen LogP contribution < -0.4 is 25.2 Å². The number of carbonyl (C=O) groups excluding carboxylic acids is 4. The van der Waals surface area contributed by atoms with Gasteiger partial charge < -0.3 is 39.9 Å². The van der Waals surface area contributed by atoms with Crippen LogP contribution >= 0.6 is 0 Å². The molecule has 24 nitrogen and oxygen atoms in total. The summed E-state index contributed by atoms with van der Waals surface area (Å²) in [5, 5.41) is 33.3. The molecule has 83 heavy (non-hydrogen) atoms. The summed E-state index contributed by atoms with van der Waals surface area (Å²) in [5.41, 5.74) is 3.48. The fourth-order valence-corrected chi connectivity index (χ4v) is 10.1. The number of anilines is 2. The lowest BCUT2D eigenvalue weighted by Crippen LogP contribution is -2.56. The molecule has 434 valence electrons. The molecule has 3 aliphatic rings. The number of nitriles is 1. The summed E-state index contributed by atoms with van der Waals surface area (Å²) in [5.74, 6) is -0.194. The standard InChI is InChI=1S/C59H70N16O8/c1-39-35-72(57-64-32-43(33-65-57)46-14-13-45-53(78)59(5,6)75(54(45)66-46)36-42-10-8-18-61-48(42)30-60)23-24-74(39)52(77)34-62-50(76)38-71-21-19-70(20-22-71)25-27-82-28-26-73-37-49(68-69-73)40-9-7-11-44(29-40)83-51-15-12-41(31-63-51)55(79)67-47(56(80)81)16-17-58(2,3)4/h7-15,18,29,31-33,37,39,47H,16-17,19-28,34-36,38H2,1-6H3,(H,62,76)(H,67,79)(H,80,81)/t39-,47+/m1/s1. The van der Waals surface area contributed by atoms with Crippen LogP contribution in [0.4, 0.5) is 11.8 Å². The van der Waals surface area contributed by atoms with Crippen LogP contribution in [0.1, 0.15) is 86.4 Å². The molecular formula is C59H70N16O8. The van der Waals surface area contributed by atoms with Gasteiger partial charge in [0, 0.05) is 112 Å². The highest BCUT2D eigenvalue weighted by atomic mass is 16.5. The number of fused-ring (bicyclic) bond motifs is 1. The van der Waals surface area contributed by atoms with Crippen molar-refractivity contribution in [2.45, 2.75) is 85.1 Å². The average molecular weight is 1130 g/mol. The maximum absolute atomic E-state index is 13.5. The molecule has 1 aromatic carbocycles. The van der Waals surface area contributed by atoms with Gasteiger partial charge in [-0.3, -0.25) is 29.0 Å². The van der Waals surface area contributed by atoms with Gasteiger partial charge >= 0.3 is 5.97 Å². The number of hydrogen-bond acceptors (Lipinski definition) is 19. The zero-order chi connectivity index (χ0) is 58.8. The van der Waals surface area contributed by atoms with E-state index in [1.54, 1.807) is 58.5 Å². The zero-order valence-corrected chi connectivity index (χ0v) is 47.7. The van der Waals surface area contributed by atoms with Crippen LogP contribution in [0, 0.1) is 16.7 Å². The van der Waals surface area contributed by atoms with Gasteiger partial charge in [0.2, 0.25) is 23.6 Å². The number of ether oxygens (including phenoxy) is 2. The van der Waals surface area contributed by atoms with Gasteiger partial charge in [0.15, 0.2) is 5.78 Å². The Morgan fingerprint density at radius 1 is 0.880 bits per heavy atom. The van der Waals surface area contributed by atoms with Crippen LogP contribution in [0.2, 0.25) is 0 Å². The van der Waals surface area contributed by atoms with Crippen LogP contribution in [0.15, 0.2) is 91.6 Å². The molecule has 8 heterocycles. The number of amides is 3. The molecule has 0 saturated carbocycles. The molecule has 0 spiro atoms. The minimum atomic E-state index is -1.08. The molecule has 0 unspecified atom stereocenters. The van der Waals surface area contributed by atoms with Gasteiger partial charge in [-0.2, -0.15) is 5.26 Å². The van der Waals surface area contributed by atoms with Crippen molar-refractivity contribution in [1.82, 2.24) is 65.2 Å². The summed E-state index contributed by atoms with van der Waals surface area (Å²) in [6.45, 7) is 18.8. The predicted molar refractivity (Wildman–Crippen MR) is 306 cm³/mol. The fourth-order valence-electron chi connectivity index (χ4n) is 10.1. The van der Waals surface area contributed by atoms with E-state index in [-0.39, 0.29) is 60.1 Å². The smallest absolute Gasteiger partial charge is 0.326 e. The fraction of sp³-hybridized carbons (Fsp3) is 0.441. The van der Waals surface area contributed by atoms with Gasteiger partial charge in [-0.25, -0.2) is 34.4 Å². The van der Waals surface area contributed by atoms with Crippen molar-refractivity contribution in [2.75, 3.05) is 88.5 Å². The van der Waals surface area contributed by atoms with E-state index in [4.69, 9.17) is 14.5 Å². The van der Waals surface area contributed by atoms with E-state index in [0.29, 0.717) is 117 Å². The number of nitrogens with zero attached hydrogens (tertiary/aromatic N) is 14. The van der Waals surface area contributed by atoms with Crippen molar-refractivity contribution < 1.29 is 38.6 Å². The largest absolute Gasteiger partial charge is 0.480 e. The number of rotatable bonds is 22. The van der Waals surface area contributed by atoms with Gasteiger partial charge in [-0.1, -0.05) is 44.2 Å². The van der Waals surface area contributed by atoms with Crippen LogP contribution in [0.25, 0.3) is 22.5 Å². The first-order valence-electron chi connectivity index (χ1n) is 27.8. The summed E-state index contributed by atoms with van der Waals surface area (Å²) in [6, 6.07) is 18.6. The molecule has 3 aliphatic heterocycles. The van der Waals surface area contributed by atoms with Crippen molar-refractivity contribution in [2.24, 2.45) is 5.41 Å². The minimum Gasteiger partial charge on any atom is -0.480 e. The number of nitrogens with one attached hydrogen (secondary N) is 2. The quantitative estimate of drug-likeness (QED) is 0.0775. The van der Waals surface area contributed by atoms with Crippen molar-refractivity contribution in [3.05, 3.63) is 114 Å². The summed E-state index contributed by atoms with van der Waals surface area (Å²) in [6.07, 6.45) is 9.12. The Morgan fingerprint density at radius 3 is 2.37 bits per heavy atom. The van der Waals surface area contributed by atoms with Crippen molar-refractivity contribution in [3.63, 3.8) is 0 Å². The highest BCUT2D eigenvalue weighted by molar-refractivity contribution is 6.13. The summed E-state index contributed by atoms with van der Waals surface area (Å²) in [7, 11) is 0. The van der Waals surface area contributed by atoms with E-state index in [1.165, 1.54) is 12.3 Å². The monoisotopic (exact) mass is 1130 g/mol. The van der Waals surface area contributed by atoms with E-state index in [2.05, 4.69) is 56.8 Å². The Morgan fingerprint density at radius 2 is 1.65 bits per heavy atom. The first-order valence-corrected chi connectivity index (χ1v) is 27.8. The number of hydrogen-bond donors (Lipinski definition) is 3. The lowest BCUT2D eigenvalue weighted by molar-refractivity contribution is -0.139. The zero-order valence-electron chi connectivity index (χ0n) is 47.7. The molecule has 5 aromatic heterocycles. The molecular weight excluding hydrogens is 1060 g/mol. The number of aromatic nitrogens is 8. The lowest BCUT2D eigenvalue weighted by atomic mass is 9.88. The van der Waals surface area contributed by atoms with Gasteiger partial charge in [-0.05, 0) is 75.4 Å². The molecule has 3 amide bonds. The maximum atomic E-state index is 13.5. The normalized spacial score (nSPS) is 16.7. The van der Waals surface area contributed by atoms with E-state index in [9.17, 15) is 34.3 Å². The molecule has 6 aromatic rings. The van der Waals surface area contributed by atoms with Crippen LogP contribution in [0.5, 0.6) is 11.6 Å². The van der Waals surface area contributed by atoms with E-state index >= 15 is 0 Å². The molecule has 3 N–H and O–H groups in total. The van der Waals surface area contributed by atoms with Crippen molar-refractivity contribution >= 4 is 41.2 Å². The Labute approximate surface area is 481 Å². The lowest BCUT2D eigenvalue weighted by Gasteiger charge is -2.40. The maximum Gasteiger partial charge on any atom is 0.326 e. The Kier molecular flexibility index (Phi) is 18.4. The van der Waals surface area contributed by atoms with Crippen molar-refractivity contribution in [1.29, 1.82) is 5.26 Å². The Bertz CT molecular complexity index is 3330. The number of pyridine rings is 3. The molecule has 2 atom stereocenters. The van der Waals surface area contributed by atoms with Crippen LogP contribution in [-0.2, 0) is 32.2 Å². The van der Waals surface area contributed by atoms with Gasteiger partial charge in [-0.15, -0.1) is 5.10 Å². The third kappa shape index (κ3) is 14.8. The van der Waals surface area contributed by atoms with Gasteiger partial charge in [0.1, 0.15) is 35.1 Å². The summed E-state index contributed by atoms with van der Waals surface area (Å²) in [4.78, 5) is 97.2. The minimum absolute atomic E-state index is 0.0554. The first-order chi connectivity index (χ1) is 39.8. The third-order valence-corrected chi connectivity index (χ3v) is 15.1. The number of carbonyl (C=O) groups is 5.